The predicted molar refractivity (Wildman–Crippen MR) is 78.0 cm³/mol. The van der Waals surface area contributed by atoms with Crippen LogP contribution in [0.15, 0.2) is 42.9 Å². The van der Waals surface area contributed by atoms with Crippen LogP contribution < -0.4 is 11.1 Å². The molecule has 0 saturated carbocycles. The van der Waals surface area contributed by atoms with Gasteiger partial charge in [0.1, 0.15) is 0 Å². The van der Waals surface area contributed by atoms with Gasteiger partial charge in [0.15, 0.2) is 0 Å². The summed E-state index contributed by atoms with van der Waals surface area (Å²) in [6, 6.07) is 9.64. The zero-order chi connectivity index (χ0) is 14.4. The van der Waals surface area contributed by atoms with Crippen molar-refractivity contribution in [3.63, 3.8) is 0 Å². The standard InChI is InChI=1S/C15H20N4O/c1-2-18-14(20)8-9-19-11-17-10-13(19)15(16)12-6-4-3-5-7-12/h3-7,10-11,15H,2,8-9,16H2,1H3,(H,18,20). The molecule has 0 bridgehead atoms. The molecule has 0 radical (unpaired) electrons. The molecule has 2 aromatic rings. The molecule has 0 aliphatic carbocycles. The fourth-order valence-corrected chi connectivity index (χ4v) is 2.12. The number of aryl methyl sites for hydroxylation is 1. The van der Waals surface area contributed by atoms with Gasteiger partial charge in [-0.3, -0.25) is 4.79 Å². The van der Waals surface area contributed by atoms with Gasteiger partial charge in [0.25, 0.3) is 0 Å². The lowest BCUT2D eigenvalue weighted by Crippen LogP contribution is -2.24. The van der Waals surface area contributed by atoms with Crippen LogP contribution in [0.3, 0.4) is 0 Å². The van der Waals surface area contributed by atoms with Crippen molar-refractivity contribution >= 4 is 5.91 Å². The summed E-state index contributed by atoms with van der Waals surface area (Å²) >= 11 is 0. The molecule has 5 nitrogen and oxygen atoms in total. The Labute approximate surface area is 118 Å². The number of carbonyl (C=O) groups excluding carboxylic acids is 1. The number of hydrogen-bond acceptors (Lipinski definition) is 3. The van der Waals surface area contributed by atoms with Gasteiger partial charge in [0, 0.05) is 19.5 Å². The molecule has 0 fully saturated rings. The van der Waals surface area contributed by atoms with E-state index in [9.17, 15) is 4.79 Å². The Morgan fingerprint density at radius 1 is 1.40 bits per heavy atom. The molecule has 1 heterocycles. The number of nitrogens with one attached hydrogen (secondary N) is 1. The van der Waals surface area contributed by atoms with Gasteiger partial charge < -0.3 is 15.6 Å². The van der Waals surface area contributed by atoms with Crippen LogP contribution in [0.2, 0.25) is 0 Å². The molecular weight excluding hydrogens is 252 g/mol. The first-order valence-corrected chi connectivity index (χ1v) is 6.79. The van der Waals surface area contributed by atoms with Gasteiger partial charge in [-0.05, 0) is 12.5 Å². The summed E-state index contributed by atoms with van der Waals surface area (Å²) in [7, 11) is 0. The van der Waals surface area contributed by atoms with Crippen molar-refractivity contribution in [1.82, 2.24) is 14.9 Å². The number of nitrogens with zero attached hydrogens (tertiary/aromatic N) is 2. The van der Waals surface area contributed by atoms with Crippen molar-refractivity contribution in [2.75, 3.05) is 6.54 Å². The predicted octanol–water partition coefficient (Wildman–Crippen LogP) is 1.46. The van der Waals surface area contributed by atoms with Crippen LogP contribution in [0.4, 0.5) is 0 Å². The Bertz CT molecular complexity index is 550. The lowest BCUT2D eigenvalue weighted by Gasteiger charge is -2.15. The van der Waals surface area contributed by atoms with E-state index in [1.807, 2.05) is 41.8 Å². The van der Waals surface area contributed by atoms with E-state index in [1.165, 1.54) is 0 Å². The number of imidazole rings is 1. The second-order valence-corrected chi connectivity index (χ2v) is 4.60. The summed E-state index contributed by atoms with van der Waals surface area (Å²) in [5.74, 6) is 0.0421. The lowest BCUT2D eigenvalue weighted by atomic mass is 10.1. The lowest BCUT2D eigenvalue weighted by molar-refractivity contribution is -0.121. The average Bonchev–Trinajstić information content (AvgIpc) is 2.94. The van der Waals surface area contributed by atoms with Gasteiger partial charge in [0.05, 0.1) is 24.3 Å². The van der Waals surface area contributed by atoms with E-state index in [1.54, 1.807) is 12.5 Å². The maximum Gasteiger partial charge on any atom is 0.221 e. The van der Waals surface area contributed by atoms with Crippen molar-refractivity contribution in [1.29, 1.82) is 0 Å². The highest BCUT2D eigenvalue weighted by atomic mass is 16.1. The number of hydrogen-bond donors (Lipinski definition) is 2. The Hall–Kier alpha value is -2.14. The van der Waals surface area contributed by atoms with E-state index in [-0.39, 0.29) is 11.9 Å². The maximum absolute atomic E-state index is 11.5. The second kappa shape index (κ2) is 6.86. The minimum atomic E-state index is -0.229. The van der Waals surface area contributed by atoms with Gasteiger partial charge in [0.2, 0.25) is 5.91 Å². The molecule has 1 aromatic heterocycles. The van der Waals surface area contributed by atoms with Gasteiger partial charge in [-0.1, -0.05) is 30.3 Å². The van der Waals surface area contributed by atoms with Crippen molar-refractivity contribution in [3.8, 4) is 0 Å². The van der Waals surface area contributed by atoms with Crippen LogP contribution in [0.25, 0.3) is 0 Å². The zero-order valence-corrected chi connectivity index (χ0v) is 11.6. The molecular formula is C15H20N4O. The van der Waals surface area contributed by atoms with Crippen LogP contribution in [0, 0.1) is 0 Å². The first-order valence-electron chi connectivity index (χ1n) is 6.79. The molecule has 1 aromatic carbocycles. The Morgan fingerprint density at radius 2 is 2.15 bits per heavy atom. The molecule has 1 atom stereocenters. The highest BCUT2D eigenvalue weighted by Crippen LogP contribution is 2.19. The average molecular weight is 272 g/mol. The molecule has 106 valence electrons. The number of nitrogens with two attached hydrogens (primary N) is 1. The molecule has 0 aliphatic rings. The Morgan fingerprint density at radius 3 is 2.85 bits per heavy atom. The van der Waals surface area contributed by atoms with Gasteiger partial charge in [-0.15, -0.1) is 0 Å². The fourth-order valence-electron chi connectivity index (χ4n) is 2.12. The Kier molecular flexibility index (Phi) is 4.90. The molecule has 0 saturated heterocycles. The third-order valence-corrected chi connectivity index (χ3v) is 3.18. The van der Waals surface area contributed by atoms with E-state index in [4.69, 9.17) is 5.73 Å². The largest absolute Gasteiger partial charge is 0.356 e. The first-order chi connectivity index (χ1) is 9.72. The van der Waals surface area contributed by atoms with Gasteiger partial charge in [-0.2, -0.15) is 0 Å². The molecule has 1 unspecified atom stereocenters. The summed E-state index contributed by atoms with van der Waals surface area (Å²) in [6.07, 6.45) is 3.91. The van der Waals surface area contributed by atoms with Crippen LogP contribution in [-0.4, -0.2) is 22.0 Å². The maximum atomic E-state index is 11.5. The monoisotopic (exact) mass is 272 g/mol. The minimum Gasteiger partial charge on any atom is -0.356 e. The number of aromatic nitrogens is 2. The topological polar surface area (TPSA) is 72.9 Å². The third-order valence-electron chi connectivity index (χ3n) is 3.18. The fraction of sp³-hybridized carbons (Fsp3) is 0.333. The van der Waals surface area contributed by atoms with Crippen molar-refractivity contribution in [2.24, 2.45) is 5.73 Å². The number of carbonyl (C=O) groups is 1. The van der Waals surface area contributed by atoms with Crippen LogP contribution in [-0.2, 0) is 11.3 Å². The van der Waals surface area contributed by atoms with Crippen molar-refractivity contribution in [2.45, 2.75) is 25.9 Å². The Balaban J connectivity index is 2.07. The van der Waals surface area contributed by atoms with Crippen molar-refractivity contribution in [3.05, 3.63) is 54.1 Å². The molecule has 0 spiro atoms. The number of benzene rings is 1. The highest BCUT2D eigenvalue weighted by molar-refractivity contribution is 5.75. The summed E-state index contributed by atoms with van der Waals surface area (Å²) in [4.78, 5) is 15.7. The highest BCUT2D eigenvalue weighted by Gasteiger charge is 2.14. The van der Waals surface area contributed by atoms with E-state index in [0.29, 0.717) is 19.5 Å². The molecule has 20 heavy (non-hydrogen) atoms. The van der Waals surface area contributed by atoms with E-state index >= 15 is 0 Å². The zero-order valence-electron chi connectivity index (χ0n) is 11.6. The summed E-state index contributed by atoms with van der Waals surface area (Å²) in [6.45, 7) is 3.15. The quantitative estimate of drug-likeness (QED) is 0.836. The summed E-state index contributed by atoms with van der Waals surface area (Å²) in [5, 5.41) is 2.78. The third kappa shape index (κ3) is 3.45. The molecule has 1 amide bonds. The van der Waals surface area contributed by atoms with Crippen LogP contribution >= 0.6 is 0 Å². The molecule has 5 heteroatoms. The summed E-state index contributed by atoms with van der Waals surface area (Å²) < 4.78 is 1.94. The van der Waals surface area contributed by atoms with Crippen LogP contribution in [0.5, 0.6) is 0 Å². The first kappa shape index (κ1) is 14.3. The molecule has 3 N–H and O–H groups in total. The van der Waals surface area contributed by atoms with E-state index in [0.717, 1.165) is 11.3 Å². The smallest absolute Gasteiger partial charge is 0.221 e. The van der Waals surface area contributed by atoms with Gasteiger partial charge >= 0.3 is 0 Å². The number of rotatable bonds is 6. The van der Waals surface area contributed by atoms with Gasteiger partial charge in [-0.25, -0.2) is 4.98 Å². The van der Waals surface area contributed by atoms with E-state index in [2.05, 4.69) is 10.3 Å². The second-order valence-electron chi connectivity index (χ2n) is 4.60. The minimum absolute atomic E-state index is 0.0421. The number of amides is 1. The molecule has 0 aliphatic heterocycles. The van der Waals surface area contributed by atoms with Crippen LogP contribution in [0.1, 0.15) is 30.6 Å². The van der Waals surface area contributed by atoms with E-state index < -0.39 is 0 Å². The summed E-state index contributed by atoms with van der Waals surface area (Å²) in [5.41, 5.74) is 8.22. The normalized spacial score (nSPS) is 12.1. The molecule has 2 rings (SSSR count). The SMILES string of the molecule is CCNC(=O)CCn1cncc1C(N)c1ccccc1. The van der Waals surface area contributed by atoms with Crippen molar-refractivity contribution < 1.29 is 4.79 Å².